The first kappa shape index (κ1) is 23.0. The van der Waals surface area contributed by atoms with Crippen LogP contribution >= 0.6 is 15.9 Å². The minimum Gasteiger partial charge on any atom is -0.325 e. The molecule has 3 aromatic rings. The van der Waals surface area contributed by atoms with Gasteiger partial charge in [0.2, 0.25) is 5.91 Å². The maximum Gasteiger partial charge on any atom is 0.269 e. The summed E-state index contributed by atoms with van der Waals surface area (Å²) in [6.07, 6.45) is 0. The van der Waals surface area contributed by atoms with Crippen LogP contribution in [0.5, 0.6) is 0 Å². The Hall–Kier alpha value is -3.22. The van der Waals surface area contributed by atoms with Crippen molar-refractivity contribution in [2.45, 2.75) is 9.79 Å². The summed E-state index contributed by atoms with van der Waals surface area (Å²) >= 11 is 3.28. The second kappa shape index (κ2) is 8.61. The molecule has 0 fully saturated rings. The summed E-state index contributed by atoms with van der Waals surface area (Å²) in [5, 5.41) is 2.47. The predicted molar refractivity (Wildman–Crippen MR) is 125 cm³/mol. The Balaban J connectivity index is 1.44. The molecule has 12 heteroatoms. The van der Waals surface area contributed by atoms with Crippen LogP contribution in [0.15, 0.2) is 87.1 Å². The zero-order valence-corrected chi connectivity index (χ0v) is 19.9. The van der Waals surface area contributed by atoms with E-state index >= 15 is 0 Å². The van der Waals surface area contributed by atoms with E-state index in [-0.39, 0.29) is 21.0 Å². The van der Waals surface area contributed by atoms with Crippen molar-refractivity contribution in [1.82, 2.24) is 4.31 Å². The van der Waals surface area contributed by atoms with Crippen molar-refractivity contribution >= 4 is 59.2 Å². The van der Waals surface area contributed by atoms with Crippen LogP contribution in [0.25, 0.3) is 0 Å². The van der Waals surface area contributed by atoms with Crippen LogP contribution in [0.1, 0.15) is 10.4 Å². The lowest BCUT2D eigenvalue weighted by Crippen LogP contribution is -2.37. The van der Waals surface area contributed by atoms with Gasteiger partial charge >= 0.3 is 0 Å². The van der Waals surface area contributed by atoms with Gasteiger partial charge in [0.1, 0.15) is 11.4 Å². The van der Waals surface area contributed by atoms with Gasteiger partial charge in [-0.2, -0.15) is 0 Å². The molecule has 1 aliphatic heterocycles. The summed E-state index contributed by atoms with van der Waals surface area (Å²) in [5.74, 6) is -1.52. The van der Waals surface area contributed by atoms with Crippen LogP contribution < -0.4 is 10.0 Å². The zero-order valence-electron chi connectivity index (χ0n) is 16.7. The zero-order chi connectivity index (χ0) is 23.8. The van der Waals surface area contributed by atoms with Crippen molar-refractivity contribution in [2.75, 3.05) is 16.6 Å². The molecule has 0 bridgehead atoms. The highest BCUT2D eigenvalue weighted by molar-refractivity contribution is 9.10. The summed E-state index contributed by atoms with van der Waals surface area (Å²) < 4.78 is 54.0. The molecule has 33 heavy (non-hydrogen) atoms. The number of nitrogens with one attached hydrogen (secondary N) is 2. The van der Waals surface area contributed by atoms with Crippen molar-refractivity contribution in [1.29, 1.82) is 0 Å². The molecule has 0 aliphatic carbocycles. The number of sulfonamides is 2. The SMILES string of the molecule is O=C(CN1C(=O)c2ccccc2S1(=O)=O)Nc1ccc(S(=O)(=O)Nc2ccc(Br)cc2)cc1. The van der Waals surface area contributed by atoms with Gasteiger partial charge < -0.3 is 5.32 Å². The summed E-state index contributed by atoms with van der Waals surface area (Å²) in [5.41, 5.74) is 0.635. The van der Waals surface area contributed by atoms with Crippen molar-refractivity contribution in [3.8, 4) is 0 Å². The molecule has 0 radical (unpaired) electrons. The predicted octanol–water partition coefficient (Wildman–Crippen LogP) is 3.03. The van der Waals surface area contributed by atoms with E-state index in [0.717, 1.165) is 4.47 Å². The van der Waals surface area contributed by atoms with Crippen molar-refractivity contribution in [3.05, 3.63) is 82.8 Å². The second-order valence-corrected chi connectivity index (χ2v) is 11.4. The number of rotatable bonds is 6. The highest BCUT2D eigenvalue weighted by atomic mass is 79.9. The minimum absolute atomic E-state index is 0.0122. The summed E-state index contributed by atoms with van der Waals surface area (Å²) in [6.45, 7) is -0.707. The van der Waals surface area contributed by atoms with Gasteiger partial charge in [0.25, 0.3) is 26.0 Å². The first-order valence-corrected chi connectivity index (χ1v) is 13.1. The van der Waals surface area contributed by atoms with E-state index in [1.165, 1.54) is 48.5 Å². The Morgan fingerprint density at radius 3 is 2.15 bits per heavy atom. The molecule has 2 N–H and O–H groups in total. The number of hydrogen-bond donors (Lipinski definition) is 2. The smallest absolute Gasteiger partial charge is 0.269 e. The number of amides is 2. The average Bonchev–Trinajstić information content (AvgIpc) is 2.96. The normalized spacial score (nSPS) is 14.6. The fraction of sp³-hybridized carbons (Fsp3) is 0.0476. The summed E-state index contributed by atoms with van der Waals surface area (Å²) in [7, 11) is -7.96. The first-order valence-electron chi connectivity index (χ1n) is 9.42. The number of benzene rings is 3. The number of carbonyl (C=O) groups excluding carboxylic acids is 2. The van der Waals surface area contributed by atoms with E-state index in [0.29, 0.717) is 9.99 Å². The molecule has 170 valence electrons. The maximum atomic E-state index is 12.6. The quantitative estimate of drug-likeness (QED) is 0.486. The standard InChI is InChI=1S/C21H16BrN3O6S2/c22-14-5-7-16(8-6-14)24-32(28,29)17-11-9-15(10-12-17)23-20(26)13-25-21(27)18-3-1-2-4-19(18)33(25,30)31/h1-12,24H,13H2,(H,23,26). The molecule has 0 atom stereocenters. The fourth-order valence-electron chi connectivity index (χ4n) is 3.17. The molecule has 0 spiro atoms. The third-order valence-corrected chi connectivity index (χ3v) is 8.46. The molecule has 0 saturated heterocycles. The topological polar surface area (TPSA) is 130 Å². The maximum absolute atomic E-state index is 12.6. The Morgan fingerprint density at radius 2 is 1.52 bits per heavy atom. The van der Waals surface area contributed by atoms with Gasteiger partial charge in [-0.3, -0.25) is 14.3 Å². The highest BCUT2D eigenvalue weighted by Crippen LogP contribution is 2.29. The van der Waals surface area contributed by atoms with Crippen LogP contribution in [0.2, 0.25) is 0 Å². The number of anilines is 2. The molecular formula is C21H16BrN3O6S2. The number of carbonyl (C=O) groups is 2. The molecule has 0 saturated carbocycles. The van der Waals surface area contributed by atoms with Crippen LogP contribution in [-0.2, 0) is 24.8 Å². The van der Waals surface area contributed by atoms with E-state index in [2.05, 4.69) is 26.0 Å². The van der Waals surface area contributed by atoms with Gasteiger partial charge in [-0.1, -0.05) is 28.1 Å². The second-order valence-electron chi connectivity index (χ2n) is 7.00. The molecule has 0 aromatic heterocycles. The van der Waals surface area contributed by atoms with Crippen LogP contribution in [0, 0.1) is 0 Å². The Morgan fingerprint density at radius 1 is 0.909 bits per heavy atom. The van der Waals surface area contributed by atoms with Crippen molar-refractivity contribution in [3.63, 3.8) is 0 Å². The van der Waals surface area contributed by atoms with Gasteiger partial charge in [-0.15, -0.1) is 0 Å². The molecule has 1 aliphatic rings. The van der Waals surface area contributed by atoms with Gasteiger partial charge in [0, 0.05) is 15.8 Å². The summed E-state index contributed by atoms with van der Waals surface area (Å²) in [4.78, 5) is 24.6. The van der Waals surface area contributed by atoms with Gasteiger partial charge in [-0.25, -0.2) is 21.1 Å². The average molecular weight is 550 g/mol. The van der Waals surface area contributed by atoms with Crippen molar-refractivity contribution in [2.24, 2.45) is 0 Å². The van der Waals surface area contributed by atoms with Crippen LogP contribution in [0.3, 0.4) is 0 Å². The Bertz CT molecular complexity index is 1450. The number of halogens is 1. The van der Waals surface area contributed by atoms with E-state index in [4.69, 9.17) is 0 Å². The monoisotopic (exact) mass is 549 g/mol. The van der Waals surface area contributed by atoms with E-state index in [1.54, 1.807) is 24.3 Å². The van der Waals surface area contributed by atoms with Crippen LogP contribution in [0.4, 0.5) is 11.4 Å². The summed E-state index contributed by atoms with van der Waals surface area (Å²) in [6, 6.07) is 17.6. The number of hydrogen-bond acceptors (Lipinski definition) is 6. The largest absolute Gasteiger partial charge is 0.325 e. The van der Waals surface area contributed by atoms with Crippen LogP contribution in [-0.4, -0.2) is 39.5 Å². The molecule has 3 aromatic carbocycles. The van der Waals surface area contributed by atoms with Gasteiger partial charge in [0.05, 0.1) is 10.5 Å². The fourth-order valence-corrected chi connectivity index (χ4v) is 6.02. The molecule has 2 amide bonds. The first-order chi connectivity index (χ1) is 15.6. The minimum atomic E-state index is -4.11. The van der Waals surface area contributed by atoms with E-state index in [9.17, 15) is 26.4 Å². The number of fused-ring (bicyclic) bond motifs is 1. The molecule has 4 rings (SSSR count). The molecule has 1 heterocycles. The Labute approximate surface area is 198 Å². The lowest BCUT2D eigenvalue weighted by atomic mass is 10.2. The molecular weight excluding hydrogens is 534 g/mol. The molecule has 0 unspecified atom stereocenters. The number of nitrogens with zero attached hydrogens (tertiary/aromatic N) is 1. The van der Waals surface area contributed by atoms with E-state index < -0.39 is 38.4 Å². The lowest BCUT2D eigenvalue weighted by Gasteiger charge is -2.15. The highest BCUT2D eigenvalue weighted by Gasteiger charge is 2.41. The van der Waals surface area contributed by atoms with Gasteiger partial charge in [0.15, 0.2) is 0 Å². The third-order valence-electron chi connectivity index (χ3n) is 4.74. The molecule has 9 nitrogen and oxygen atoms in total. The third kappa shape index (κ3) is 4.63. The van der Waals surface area contributed by atoms with Crippen molar-refractivity contribution < 1.29 is 26.4 Å². The van der Waals surface area contributed by atoms with E-state index in [1.807, 2.05) is 0 Å². The van der Waals surface area contributed by atoms with Gasteiger partial charge in [-0.05, 0) is 60.7 Å². The Kier molecular flexibility index (Phi) is 5.99. The lowest BCUT2D eigenvalue weighted by molar-refractivity contribution is -0.116.